The van der Waals surface area contributed by atoms with Crippen LogP contribution < -0.4 is 20.3 Å². The van der Waals surface area contributed by atoms with Gasteiger partial charge in [-0.3, -0.25) is 9.59 Å². The van der Waals surface area contributed by atoms with Gasteiger partial charge in [0.15, 0.2) is 0 Å². The van der Waals surface area contributed by atoms with Crippen molar-refractivity contribution in [1.82, 2.24) is 10.9 Å². The first-order valence-electron chi connectivity index (χ1n) is 11.5. The summed E-state index contributed by atoms with van der Waals surface area (Å²) in [5.74, 6) is 1.19. The van der Waals surface area contributed by atoms with Crippen LogP contribution in [0.4, 0.5) is 0 Å². The lowest BCUT2D eigenvalue weighted by atomic mass is 10.1. The van der Waals surface area contributed by atoms with Gasteiger partial charge in [-0.25, -0.2) is 10.9 Å². The lowest BCUT2D eigenvalue weighted by Gasteiger charge is -2.07. The summed E-state index contributed by atoms with van der Waals surface area (Å²) < 4.78 is 10.3. The zero-order valence-corrected chi connectivity index (χ0v) is 20.4. The van der Waals surface area contributed by atoms with Gasteiger partial charge < -0.3 is 9.47 Å². The summed E-state index contributed by atoms with van der Waals surface area (Å²) in [5, 5.41) is 8.50. The largest absolute Gasteiger partial charge is 0.497 e. The zero-order valence-electron chi connectivity index (χ0n) is 20.4. The predicted octanol–water partition coefficient (Wildman–Crippen LogP) is 4.43. The second kappa shape index (κ2) is 14.5. The fraction of sp³-hybridized carbons (Fsp3) is 0.385. The van der Waals surface area contributed by atoms with E-state index in [0.717, 1.165) is 34.0 Å². The van der Waals surface area contributed by atoms with Crippen LogP contribution in [0.1, 0.15) is 63.5 Å². The van der Waals surface area contributed by atoms with Crippen LogP contribution in [0.25, 0.3) is 0 Å². The van der Waals surface area contributed by atoms with Gasteiger partial charge in [0.05, 0.1) is 25.6 Å². The third-order valence-electron chi connectivity index (χ3n) is 5.21. The molecule has 0 saturated carbocycles. The van der Waals surface area contributed by atoms with Crippen LogP contribution in [-0.4, -0.2) is 37.5 Å². The number of hydrazone groups is 2. The van der Waals surface area contributed by atoms with E-state index in [4.69, 9.17) is 9.47 Å². The monoisotopic (exact) mass is 466 g/mol. The highest BCUT2D eigenvalue weighted by atomic mass is 16.5. The molecule has 2 amide bonds. The van der Waals surface area contributed by atoms with Crippen molar-refractivity contribution in [2.45, 2.75) is 52.4 Å². The maximum absolute atomic E-state index is 12.1. The summed E-state index contributed by atoms with van der Waals surface area (Å²) in [5.41, 5.74) is 8.66. The van der Waals surface area contributed by atoms with E-state index in [0.29, 0.717) is 38.5 Å². The molecule has 0 fully saturated rings. The van der Waals surface area contributed by atoms with Crippen molar-refractivity contribution in [3.8, 4) is 11.5 Å². The van der Waals surface area contributed by atoms with E-state index < -0.39 is 0 Å². The number of hydrogen-bond acceptors (Lipinski definition) is 6. The minimum absolute atomic E-state index is 0.175. The third-order valence-corrected chi connectivity index (χ3v) is 5.21. The van der Waals surface area contributed by atoms with Crippen LogP contribution in [0, 0.1) is 0 Å². The van der Waals surface area contributed by atoms with Gasteiger partial charge in [-0.15, -0.1) is 0 Å². The van der Waals surface area contributed by atoms with E-state index in [1.165, 1.54) is 0 Å². The van der Waals surface area contributed by atoms with E-state index in [2.05, 4.69) is 21.1 Å². The van der Waals surface area contributed by atoms with E-state index in [1.54, 1.807) is 14.2 Å². The summed E-state index contributed by atoms with van der Waals surface area (Å²) in [6.45, 7) is 3.96. The van der Waals surface area contributed by atoms with Crippen molar-refractivity contribution in [1.29, 1.82) is 0 Å². The molecule has 0 heterocycles. The van der Waals surface area contributed by atoms with Crippen LogP contribution in [0.15, 0.2) is 58.7 Å². The molecule has 0 bridgehead atoms. The molecule has 0 unspecified atom stereocenters. The van der Waals surface area contributed by atoms with Gasteiger partial charge in [0.2, 0.25) is 11.8 Å². The quantitative estimate of drug-likeness (QED) is 0.259. The molecule has 0 aromatic heterocycles. The second-order valence-electron chi connectivity index (χ2n) is 7.56. The first kappa shape index (κ1) is 26.6. The van der Waals surface area contributed by atoms with E-state index in [1.807, 2.05) is 62.4 Å². The van der Waals surface area contributed by atoms with E-state index in [9.17, 15) is 9.59 Å². The number of hydrogen-bond donors (Lipinski definition) is 2. The predicted molar refractivity (Wildman–Crippen MR) is 134 cm³/mol. The average Bonchev–Trinajstić information content (AvgIpc) is 2.88. The van der Waals surface area contributed by atoms with Crippen LogP contribution in [-0.2, 0) is 9.59 Å². The minimum Gasteiger partial charge on any atom is -0.497 e. The average molecular weight is 467 g/mol. The molecule has 8 heteroatoms. The standard InChI is InChI=1S/C26H34N4O4/c1-5-23(19-11-15-21(33-3)16-12-19)27-29-25(31)9-7-8-10-26(32)30-28-24(6-2)20-13-17-22(34-4)18-14-20/h11-18H,5-10H2,1-4H3,(H,29,31)(H,30,32)/b27-23+,28-24+. The Hall–Kier alpha value is -3.68. The molecule has 2 N–H and O–H groups in total. The number of carbonyl (C=O) groups is 2. The highest BCUT2D eigenvalue weighted by Crippen LogP contribution is 2.14. The van der Waals surface area contributed by atoms with Gasteiger partial charge >= 0.3 is 0 Å². The number of nitrogens with one attached hydrogen (secondary N) is 2. The van der Waals surface area contributed by atoms with Gasteiger partial charge in [-0.05, 0) is 85.3 Å². The highest BCUT2D eigenvalue weighted by Gasteiger charge is 2.07. The molecule has 182 valence electrons. The van der Waals surface area contributed by atoms with Gasteiger partial charge in [0, 0.05) is 12.8 Å². The summed E-state index contributed by atoms with van der Waals surface area (Å²) in [6.07, 6.45) is 3.13. The fourth-order valence-electron chi connectivity index (χ4n) is 3.20. The first-order valence-corrected chi connectivity index (χ1v) is 11.5. The summed E-state index contributed by atoms with van der Waals surface area (Å²) >= 11 is 0. The Kier molecular flexibility index (Phi) is 11.3. The minimum atomic E-state index is -0.175. The molecule has 0 radical (unpaired) electrons. The summed E-state index contributed by atoms with van der Waals surface area (Å²) in [6, 6.07) is 15.1. The van der Waals surface area contributed by atoms with Gasteiger partial charge in [-0.2, -0.15) is 10.2 Å². The number of unbranched alkanes of at least 4 members (excludes halogenated alkanes) is 1. The molecule has 34 heavy (non-hydrogen) atoms. The van der Waals surface area contributed by atoms with Crippen LogP contribution in [0.2, 0.25) is 0 Å². The molecular weight excluding hydrogens is 432 g/mol. The van der Waals surface area contributed by atoms with Crippen LogP contribution in [0.3, 0.4) is 0 Å². The van der Waals surface area contributed by atoms with Crippen molar-refractivity contribution in [2.75, 3.05) is 14.2 Å². The molecule has 2 rings (SSSR count). The number of amides is 2. The molecule has 2 aromatic carbocycles. The van der Waals surface area contributed by atoms with Crippen molar-refractivity contribution >= 4 is 23.2 Å². The molecule has 8 nitrogen and oxygen atoms in total. The molecule has 0 atom stereocenters. The maximum Gasteiger partial charge on any atom is 0.240 e. The maximum atomic E-state index is 12.1. The Bertz CT molecular complexity index is 901. The van der Waals surface area contributed by atoms with Crippen molar-refractivity contribution in [2.24, 2.45) is 10.2 Å². The second-order valence-corrected chi connectivity index (χ2v) is 7.56. The summed E-state index contributed by atoms with van der Waals surface area (Å²) in [4.78, 5) is 24.3. The van der Waals surface area contributed by atoms with Gasteiger partial charge in [-0.1, -0.05) is 13.8 Å². The molecule has 0 aliphatic rings. The smallest absolute Gasteiger partial charge is 0.240 e. The Morgan fingerprint density at radius 2 is 1.03 bits per heavy atom. The van der Waals surface area contributed by atoms with Gasteiger partial charge in [0.1, 0.15) is 11.5 Å². The number of nitrogens with zero attached hydrogens (tertiary/aromatic N) is 2. The zero-order chi connectivity index (χ0) is 24.8. The number of carbonyl (C=O) groups excluding carboxylic acids is 2. The van der Waals surface area contributed by atoms with Gasteiger partial charge in [0.25, 0.3) is 0 Å². The summed E-state index contributed by atoms with van der Waals surface area (Å²) in [7, 11) is 3.23. The number of methoxy groups -OCH3 is 2. The third kappa shape index (κ3) is 8.69. The normalized spacial score (nSPS) is 11.6. The van der Waals surface area contributed by atoms with Crippen LogP contribution >= 0.6 is 0 Å². The number of rotatable bonds is 13. The molecular formula is C26H34N4O4. The topological polar surface area (TPSA) is 101 Å². The molecule has 0 saturated heterocycles. The molecule has 0 aliphatic heterocycles. The first-order chi connectivity index (χ1) is 16.5. The molecule has 0 aliphatic carbocycles. The van der Waals surface area contributed by atoms with Crippen molar-refractivity contribution in [3.63, 3.8) is 0 Å². The Morgan fingerprint density at radius 3 is 1.32 bits per heavy atom. The molecule has 2 aromatic rings. The van der Waals surface area contributed by atoms with Crippen molar-refractivity contribution in [3.05, 3.63) is 59.7 Å². The Labute approximate surface area is 201 Å². The molecule has 0 spiro atoms. The SMILES string of the molecule is CC/C(=N\NC(=O)CCCCC(=O)N/N=C(\CC)c1ccc(OC)cc1)c1ccc(OC)cc1. The van der Waals surface area contributed by atoms with E-state index >= 15 is 0 Å². The lowest BCUT2D eigenvalue weighted by Crippen LogP contribution is -2.21. The lowest BCUT2D eigenvalue weighted by molar-refractivity contribution is -0.123. The fourth-order valence-corrected chi connectivity index (χ4v) is 3.20. The number of ether oxygens (including phenoxy) is 2. The Balaban J connectivity index is 1.74. The number of benzene rings is 2. The highest BCUT2D eigenvalue weighted by molar-refractivity contribution is 6.01. The van der Waals surface area contributed by atoms with Crippen molar-refractivity contribution < 1.29 is 19.1 Å². The van der Waals surface area contributed by atoms with E-state index in [-0.39, 0.29) is 11.8 Å². The van der Waals surface area contributed by atoms with Crippen LogP contribution in [0.5, 0.6) is 11.5 Å². The Morgan fingerprint density at radius 1 is 0.676 bits per heavy atom.